The molecule has 0 bridgehead atoms. The first-order valence-electron chi connectivity index (χ1n) is 8.40. The Morgan fingerprint density at radius 3 is 2.33 bits per heavy atom. The number of anilines is 2. The van der Waals surface area contributed by atoms with Crippen LogP contribution in [-0.4, -0.2) is 19.1 Å². The number of nitriles is 1. The number of ether oxygens (including phenoxy) is 2. The summed E-state index contributed by atoms with van der Waals surface area (Å²) >= 11 is 0. The third-order valence-electron chi connectivity index (χ3n) is 3.39. The lowest BCUT2D eigenvalue weighted by atomic mass is 10.2. The van der Waals surface area contributed by atoms with E-state index in [0.717, 1.165) is 0 Å². The minimum Gasteiger partial charge on any atom is -0.490 e. The molecular weight excluding hydrogens is 349 g/mol. The minimum absolute atomic E-state index is 0.133. The Hall–Kier alpha value is -3.53. The van der Waals surface area contributed by atoms with Crippen LogP contribution in [0.2, 0.25) is 0 Å². The van der Waals surface area contributed by atoms with Crippen molar-refractivity contribution in [1.82, 2.24) is 0 Å². The maximum Gasteiger partial charge on any atom is 0.267 e. The van der Waals surface area contributed by atoms with E-state index in [1.165, 1.54) is 30.5 Å². The molecule has 2 rings (SSSR count). The van der Waals surface area contributed by atoms with Gasteiger partial charge in [-0.05, 0) is 50.2 Å². The van der Waals surface area contributed by atoms with Gasteiger partial charge in [0, 0.05) is 23.6 Å². The molecule has 0 fully saturated rings. The molecule has 0 atom stereocenters. The molecule has 0 radical (unpaired) electrons. The number of hydrogen-bond acceptors (Lipinski definition) is 5. The summed E-state index contributed by atoms with van der Waals surface area (Å²) < 4.78 is 23.9. The molecule has 0 aliphatic rings. The lowest BCUT2D eigenvalue weighted by Crippen LogP contribution is -2.14. The highest BCUT2D eigenvalue weighted by Gasteiger charge is 2.10. The molecule has 0 saturated carbocycles. The summed E-state index contributed by atoms with van der Waals surface area (Å²) in [6.07, 6.45) is 1.30. The van der Waals surface area contributed by atoms with Gasteiger partial charge >= 0.3 is 0 Å². The minimum atomic E-state index is -0.604. The highest BCUT2D eigenvalue weighted by Crippen LogP contribution is 2.30. The molecule has 7 heteroatoms. The van der Waals surface area contributed by atoms with Crippen molar-refractivity contribution in [2.24, 2.45) is 0 Å². The van der Waals surface area contributed by atoms with Gasteiger partial charge in [0.2, 0.25) is 0 Å². The molecule has 27 heavy (non-hydrogen) atoms. The summed E-state index contributed by atoms with van der Waals surface area (Å²) in [5, 5.41) is 14.7. The highest BCUT2D eigenvalue weighted by atomic mass is 19.1. The second-order valence-electron chi connectivity index (χ2n) is 5.30. The zero-order valence-electron chi connectivity index (χ0n) is 15.1. The predicted molar refractivity (Wildman–Crippen MR) is 101 cm³/mol. The molecule has 0 unspecified atom stereocenters. The molecule has 0 heterocycles. The molecule has 0 aromatic heterocycles. The Balaban J connectivity index is 2.11. The summed E-state index contributed by atoms with van der Waals surface area (Å²) in [5.41, 5.74) is 0.887. The Morgan fingerprint density at radius 2 is 1.70 bits per heavy atom. The van der Waals surface area contributed by atoms with E-state index < -0.39 is 11.7 Å². The maximum absolute atomic E-state index is 12.9. The van der Waals surface area contributed by atoms with Gasteiger partial charge in [0.15, 0.2) is 11.5 Å². The number of hydrogen-bond donors (Lipinski definition) is 2. The Morgan fingerprint density at radius 1 is 1.07 bits per heavy atom. The van der Waals surface area contributed by atoms with Crippen molar-refractivity contribution in [1.29, 1.82) is 5.26 Å². The fourth-order valence-electron chi connectivity index (χ4n) is 2.18. The fraction of sp³-hybridized carbons (Fsp3) is 0.200. The topological polar surface area (TPSA) is 83.4 Å². The quantitative estimate of drug-likeness (QED) is 0.541. The molecular formula is C20H20FN3O3. The van der Waals surface area contributed by atoms with Crippen molar-refractivity contribution < 1.29 is 18.7 Å². The monoisotopic (exact) mass is 369 g/mol. The van der Waals surface area contributed by atoms with Crippen LogP contribution < -0.4 is 20.1 Å². The van der Waals surface area contributed by atoms with Crippen LogP contribution in [0.4, 0.5) is 15.8 Å². The van der Waals surface area contributed by atoms with E-state index in [-0.39, 0.29) is 5.57 Å². The van der Waals surface area contributed by atoms with Gasteiger partial charge in [0.25, 0.3) is 5.91 Å². The van der Waals surface area contributed by atoms with Gasteiger partial charge in [0.05, 0.1) is 13.2 Å². The normalized spacial score (nSPS) is 10.7. The van der Waals surface area contributed by atoms with E-state index in [2.05, 4.69) is 10.6 Å². The third kappa shape index (κ3) is 5.75. The molecule has 6 nitrogen and oxygen atoms in total. The summed E-state index contributed by atoms with van der Waals surface area (Å²) in [5.74, 6) is 0.161. The molecule has 1 amide bonds. The first kappa shape index (κ1) is 19.8. The number of halogens is 1. The summed E-state index contributed by atoms with van der Waals surface area (Å²) in [6.45, 7) is 4.73. The first-order valence-corrected chi connectivity index (χ1v) is 8.40. The molecule has 2 aromatic carbocycles. The van der Waals surface area contributed by atoms with Crippen molar-refractivity contribution in [2.75, 3.05) is 23.8 Å². The first-order chi connectivity index (χ1) is 13.1. The zero-order valence-corrected chi connectivity index (χ0v) is 15.1. The van der Waals surface area contributed by atoms with Gasteiger partial charge in [-0.15, -0.1) is 0 Å². The summed E-state index contributed by atoms with van der Waals surface area (Å²) in [4.78, 5) is 12.2. The smallest absolute Gasteiger partial charge is 0.267 e. The largest absolute Gasteiger partial charge is 0.490 e. The average molecular weight is 369 g/mol. The average Bonchev–Trinajstić information content (AvgIpc) is 2.66. The van der Waals surface area contributed by atoms with Gasteiger partial charge in [-0.1, -0.05) is 0 Å². The number of amides is 1. The number of nitrogens with zero attached hydrogens (tertiary/aromatic N) is 1. The van der Waals surface area contributed by atoms with Crippen molar-refractivity contribution >= 4 is 17.3 Å². The van der Waals surface area contributed by atoms with Crippen LogP contribution in [0.3, 0.4) is 0 Å². The van der Waals surface area contributed by atoms with Gasteiger partial charge in [0.1, 0.15) is 17.5 Å². The summed E-state index contributed by atoms with van der Waals surface area (Å²) in [6, 6.07) is 12.3. The van der Waals surface area contributed by atoms with Gasteiger partial charge in [-0.25, -0.2) is 4.39 Å². The second-order valence-corrected chi connectivity index (χ2v) is 5.30. The SMILES string of the molecule is CCOc1ccc(N/C=C(/C#N)C(=O)Nc2ccc(F)cc2)cc1OCC. The van der Waals surface area contributed by atoms with Gasteiger partial charge < -0.3 is 20.1 Å². The standard InChI is InChI=1S/C20H20FN3O3/c1-3-26-18-10-9-17(11-19(18)27-4-2)23-13-14(12-22)20(25)24-16-7-5-15(21)6-8-16/h5-11,13,23H,3-4H2,1-2H3,(H,24,25)/b14-13-. The lowest BCUT2D eigenvalue weighted by Gasteiger charge is -2.12. The zero-order chi connectivity index (χ0) is 19.6. The summed E-state index contributed by atoms with van der Waals surface area (Å²) in [7, 11) is 0. The van der Waals surface area contributed by atoms with E-state index in [9.17, 15) is 14.4 Å². The maximum atomic E-state index is 12.9. The number of carbonyl (C=O) groups is 1. The molecule has 0 saturated heterocycles. The van der Waals surface area contributed by atoms with E-state index >= 15 is 0 Å². The van der Waals surface area contributed by atoms with E-state index in [1.54, 1.807) is 18.2 Å². The molecule has 0 spiro atoms. The third-order valence-corrected chi connectivity index (χ3v) is 3.39. The highest BCUT2D eigenvalue weighted by molar-refractivity contribution is 6.06. The van der Waals surface area contributed by atoms with E-state index in [4.69, 9.17) is 9.47 Å². The Kier molecular flexibility index (Phi) is 7.20. The lowest BCUT2D eigenvalue weighted by molar-refractivity contribution is -0.112. The van der Waals surface area contributed by atoms with Gasteiger partial charge in [-0.3, -0.25) is 4.79 Å². The molecule has 0 aliphatic carbocycles. The number of rotatable bonds is 8. The molecule has 0 aliphatic heterocycles. The fourth-order valence-corrected chi connectivity index (χ4v) is 2.18. The van der Waals surface area contributed by atoms with Crippen molar-refractivity contribution in [3.63, 3.8) is 0 Å². The van der Waals surface area contributed by atoms with Crippen LogP contribution in [0, 0.1) is 17.1 Å². The number of carbonyl (C=O) groups excluding carboxylic acids is 1. The van der Waals surface area contributed by atoms with Crippen molar-refractivity contribution in [3.05, 3.63) is 60.1 Å². The Bertz CT molecular complexity index is 858. The van der Waals surface area contributed by atoms with Crippen LogP contribution in [0.1, 0.15) is 13.8 Å². The van der Waals surface area contributed by atoms with Crippen LogP contribution in [0.25, 0.3) is 0 Å². The van der Waals surface area contributed by atoms with E-state index in [1.807, 2.05) is 19.9 Å². The van der Waals surface area contributed by atoms with Gasteiger partial charge in [-0.2, -0.15) is 5.26 Å². The van der Waals surface area contributed by atoms with Crippen LogP contribution in [-0.2, 0) is 4.79 Å². The van der Waals surface area contributed by atoms with Crippen LogP contribution >= 0.6 is 0 Å². The van der Waals surface area contributed by atoms with Crippen LogP contribution in [0.5, 0.6) is 11.5 Å². The molecule has 2 aromatic rings. The van der Waals surface area contributed by atoms with Crippen molar-refractivity contribution in [3.8, 4) is 17.6 Å². The molecule has 2 N–H and O–H groups in total. The molecule has 140 valence electrons. The predicted octanol–water partition coefficient (Wildman–Crippen LogP) is 4.08. The van der Waals surface area contributed by atoms with E-state index in [0.29, 0.717) is 36.1 Å². The Labute approximate surface area is 157 Å². The van der Waals surface area contributed by atoms with Crippen molar-refractivity contribution in [2.45, 2.75) is 13.8 Å². The number of nitrogens with one attached hydrogen (secondary N) is 2. The van der Waals surface area contributed by atoms with Crippen LogP contribution in [0.15, 0.2) is 54.2 Å². The number of benzene rings is 2. The second kappa shape index (κ2) is 9.82.